The molecule has 1 saturated heterocycles. The van der Waals surface area contributed by atoms with E-state index in [0.29, 0.717) is 18.1 Å². The topological polar surface area (TPSA) is 34.2 Å². The first-order chi connectivity index (χ1) is 8.19. The number of nitrogens with zero attached hydrogens (tertiary/aromatic N) is 1. The first-order valence-corrected chi connectivity index (χ1v) is 6.44. The Kier molecular flexibility index (Phi) is 2.68. The van der Waals surface area contributed by atoms with Crippen molar-refractivity contribution in [3.05, 3.63) is 30.1 Å². The van der Waals surface area contributed by atoms with E-state index < -0.39 is 0 Å². The van der Waals surface area contributed by atoms with Crippen LogP contribution in [0.4, 0.5) is 0 Å². The third-order valence-corrected chi connectivity index (χ3v) is 4.33. The summed E-state index contributed by atoms with van der Waals surface area (Å²) in [5.41, 5.74) is 1.38. The predicted molar refractivity (Wildman–Crippen MR) is 66.5 cm³/mol. The van der Waals surface area contributed by atoms with Crippen molar-refractivity contribution < 1.29 is 4.74 Å². The average molecular weight is 232 g/mol. The van der Waals surface area contributed by atoms with E-state index in [0.717, 1.165) is 18.8 Å². The van der Waals surface area contributed by atoms with E-state index in [4.69, 9.17) is 4.74 Å². The molecule has 2 fully saturated rings. The summed E-state index contributed by atoms with van der Waals surface area (Å²) in [6, 6.07) is 6.63. The fourth-order valence-electron chi connectivity index (χ4n) is 3.46. The second kappa shape index (κ2) is 4.07. The SMILES string of the molecule is CC1(C)C(NCc2ccccn2)C2CCOC21. The Morgan fingerprint density at radius 3 is 3.12 bits per heavy atom. The molecule has 0 bridgehead atoms. The highest BCUT2D eigenvalue weighted by Crippen LogP contribution is 2.52. The lowest BCUT2D eigenvalue weighted by Gasteiger charge is -2.54. The maximum atomic E-state index is 5.79. The van der Waals surface area contributed by atoms with Crippen molar-refractivity contribution in [1.29, 1.82) is 0 Å². The minimum atomic E-state index is 0.260. The van der Waals surface area contributed by atoms with Crippen molar-refractivity contribution in [2.24, 2.45) is 11.3 Å². The van der Waals surface area contributed by atoms with E-state index in [1.807, 2.05) is 18.3 Å². The first kappa shape index (κ1) is 11.2. The molecule has 2 heterocycles. The third kappa shape index (κ3) is 1.78. The molecule has 1 aliphatic heterocycles. The molecule has 0 aromatic carbocycles. The molecule has 0 radical (unpaired) electrons. The largest absolute Gasteiger partial charge is 0.377 e. The minimum absolute atomic E-state index is 0.260. The summed E-state index contributed by atoms with van der Waals surface area (Å²) in [5.74, 6) is 0.703. The van der Waals surface area contributed by atoms with Gasteiger partial charge in [0.2, 0.25) is 0 Å². The number of ether oxygens (including phenoxy) is 1. The molecule has 92 valence electrons. The van der Waals surface area contributed by atoms with Gasteiger partial charge in [-0.05, 0) is 18.6 Å². The van der Waals surface area contributed by atoms with Gasteiger partial charge in [-0.1, -0.05) is 19.9 Å². The van der Waals surface area contributed by atoms with Crippen molar-refractivity contribution in [2.45, 2.75) is 39.0 Å². The van der Waals surface area contributed by atoms with Gasteiger partial charge in [-0.3, -0.25) is 4.98 Å². The summed E-state index contributed by atoms with van der Waals surface area (Å²) in [7, 11) is 0. The molecular weight excluding hydrogens is 212 g/mol. The van der Waals surface area contributed by atoms with Crippen LogP contribution in [0.3, 0.4) is 0 Å². The van der Waals surface area contributed by atoms with Crippen LogP contribution < -0.4 is 5.32 Å². The van der Waals surface area contributed by atoms with Crippen molar-refractivity contribution in [3.63, 3.8) is 0 Å². The van der Waals surface area contributed by atoms with Crippen LogP contribution in [0, 0.1) is 11.3 Å². The van der Waals surface area contributed by atoms with E-state index in [1.54, 1.807) is 0 Å². The van der Waals surface area contributed by atoms with Gasteiger partial charge in [0.1, 0.15) is 0 Å². The Morgan fingerprint density at radius 1 is 1.47 bits per heavy atom. The van der Waals surface area contributed by atoms with Crippen LogP contribution >= 0.6 is 0 Å². The normalized spacial score (nSPS) is 34.1. The molecule has 1 N–H and O–H groups in total. The van der Waals surface area contributed by atoms with Crippen LogP contribution in [0.2, 0.25) is 0 Å². The van der Waals surface area contributed by atoms with Crippen LogP contribution in [0.25, 0.3) is 0 Å². The standard InChI is InChI=1S/C14H20N2O/c1-14(2)12(11-6-8-17-13(11)14)16-9-10-5-3-4-7-15-10/h3-5,7,11-13,16H,6,8-9H2,1-2H3. The molecule has 1 aliphatic carbocycles. The van der Waals surface area contributed by atoms with E-state index in [1.165, 1.54) is 6.42 Å². The second-order valence-electron chi connectivity index (χ2n) is 5.74. The summed E-state index contributed by atoms with van der Waals surface area (Å²) in [6.45, 7) is 6.39. The lowest BCUT2D eigenvalue weighted by atomic mass is 9.57. The van der Waals surface area contributed by atoms with Crippen LogP contribution in [-0.2, 0) is 11.3 Å². The fraction of sp³-hybridized carbons (Fsp3) is 0.643. The van der Waals surface area contributed by atoms with Gasteiger partial charge in [0.25, 0.3) is 0 Å². The van der Waals surface area contributed by atoms with Crippen LogP contribution in [0.1, 0.15) is 26.0 Å². The maximum Gasteiger partial charge on any atom is 0.0685 e. The quantitative estimate of drug-likeness (QED) is 0.865. The molecule has 1 saturated carbocycles. The highest BCUT2D eigenvalue weighted by molar-refractivity contribution is 5.12. The molecule has 3 unspecified atom stereocenters. The van der Waals surface area contributed by atoms with E-state index in [-0.39, 0.29) is 5.41 Å². The highest BCUT2D eigenvalue weighted by Gasteiger charge is 2.58. The number of pyridine rings is 1. The molecule has 3 nitrogen and oxygen atoms in total. The van der Waals surface area contributed by atoms with Crippen molar-refractivity contribution in [1.82, 2.24) is 10.3 Å². The van der Waals surface area contributed by atoms with Gasteiger partial charge in [0.15, 0.2) is 0 Å². The molecule has 0 amide bonds. The third-order valence-electron chi connectivity index (χ3n) is 4.33. The zero-order valence-electron chi connectivity index (χ0n) is 10.5. The van der Waals surface area contributed by atoms with Crippen molar-refractivity contribution in [3.8, 4) is 0 Å². The van der Waals surface area contributed by atoms with Gasteiger partial charge in [0.05, 0.1) is 11.8 Å². The molecule has 3 rings (SSSR count). The highest BCUT2D eigenvalue weighted by atomic mass is 16.5. The summed E-state index contributed by atoms with van der Waals surface area (Å²) in [6.07, 6.45) is 3.52. The molecular formula is C14H20N2O. The summed E-state index contributed by atoms with van der Waals surface area (Å²) in [4.78, 5) is 4.35. The van der Waals surface area contributed by atoms with Crippen molar-refractivity contribution in [2.75, 3.05) is 6.61 Å². The summed E-state index contributed by atoms with van der Waals surface area (Å²) >= 11 is 0. The molecule has 3 heteroatoms. The van der Waals surface area contributed by atoms with E-state index in [2.05, 4.69) is 30.2 Å². The minimum Gasteiger partial charge on any atom is -0.377 e. The smallest absolute Gasteiger partial charge is 0.0685 e. The van der Waals surface area contributed by atoms with Crippen LogP contribution in [0.5, 0.6) is 0 Å². The predicted octanol–water partition coefficient (Wildman–Crippen LogP) is 1.98. The number of rotatable bonds is 3. The Morgan fingerprint density at radius 2 is 2.35 bits per heavy atom. The Hall–Kier alpha value is -0.930. The maximum absolute atomic E-state index is 5.79. The summed E-state index contributed by atoms with van der Waals surface area (Å²) < 4.78 is 5.79. The first-order valence-electron chi connectivity index (χ1n) is 6.44. The zero-order chi connectivity index (χ0) is 11.9. The van der Waals surface area contributed by atoms with Gasteiger partial charge in [-0.2, -0.15) is 0 Å². The van der Waals surface area contributed by atoms with Crippen LogP contribution in [0.15, 0.2) is 24.4 Å². The Labute approximate surface area is 103 Å². The number of fused-ring (bicyclic) bond motifs is 1. The number of aromatic nitrogens is 1. The Bertz CT molecular complexity index is 390. The summed E-state index contributed by atoms with van der Waals surface area (Å²) in [5, 5.41) is 3.65. The van der Waals surface area contributed by atoms with Gasteiger partial charge in [-0.15, -0.1) is 0 Å². The van der Waals surface area contributed by atoms with Crippen LogP contribution in [-0.4, -0.2) is 23.7 Å². The number of hydrogen-bond donors (Lipinski definition) is 1. The van der Waals surface area contributed by atoms with E-state index >= 15 is 0 Å². The zero-order valence-corrected chi connectivity index (χ0v) is 10.5. The lowest BCUT2D eigenvalue weighted by Crippen LogP contribution is -2.65. The Balaban J connectivity index is 1.63. The van der Waals surface area contributed by atoms with E-state index in [9.17, 15) is 0 Å². The molecule has 2 aliphatic rings. The average Bonchev–Trinajstić information content (AvgIpc) is 2.77. The number of nitrogens with one attached hydrogen (secondary N) is 1. The second-order valence-corrected chi connectivity index (χ2v) is 5.74. The van der Waals surface area contributed by atoms with Crippen molar-refractivity contribution >= 4 is 0 Å². The molecule has 1 aromatic heterocycles. The number of hydrogen-bond acceptors (Lipinski definition) is 3. The van der Waals surface area contributed by atoms with Gasteiger partial charge < -0.3 is 10.1 Å². The molecule has 3 atom stereocenters. The fourth-order valence-corrected chi connectivity index (χ4v) is 3.46. The van der Waals surface area contributed by atoms with Gasteiger partial charge in [0, 0.05) is 36.7 Å². The lowest BCUT2D eigenvalue weighted by molar-refractivity contribution is -0.113. The molecule has 1 aromatic rings. The van der Waals surface area contributed by atoms with Gasteiger partial charge >= 0.3 is 0 Å². The molecule has 0 spiro atoms. The molecule has 17 heavy (non-hydrogen) atoms. The monoisotopic (exact) mass is 232 g/mol. The van der Waals surface area contributed by atoms with Gasteiger partial charge in [-0.25, -0.2) is 0 Å².